The average molecular weight is 414 g/mol. The lowest BCUT2D eigenvalue weighted by atomic mass is 10.2. The molecule has 2 aromatic carbocycles. The van der Waals surface area contributed by atoms with E-state index in [1.807, 2.05) is 0 Å². The Labute approximate surface area is 175 Å². The largest absolute Gasteiger partial charge is 0.508 e. The van der Waals surface area contributed by atoms with E-state index in [2.05, 4.69) is 0 Å². The number of ether oxygens (including phenoxy) is 3. The van der Waals surface area contributed by atoms with Gasteiger partial charge in [-0.25, -0.2) is 0 Å². The minimum absolute atomic E-state index is 0.0101. The maximum absolute atomic E-state index is 12.4. The number of nitrogens with zero attached hydrogens (tertiary/aromatic N) is 2. The quantitative estimate of drug-likeness (QED) is 0.710. The van der Waals surface area contributed by atoms with Gasteiger partial charge in [-0.2, -0.15) is 0 Å². The fourth-order valence-corrected chi connectivity index (χ4v) is 3.07. The molecule has 3 rings (SSSR count). The molecule has 0 aliphatic carbocycles. The Morgan fingerprint density at radius 2 is 1.30 bits per heavy atom. The molecule has 30 heavy (non-hydrogen) atoms. The molecule has 0 radical (unpaired) electrons. The number of carbonyl (C=O) groups excluding carboxylic acids is 2. The lowest BCUT2D eigenvalue weighted by molar-refractivity contribution is -0.141. The molecule has 2 amide bonds. The van der Waals surface area contributed by atoms with Crippen LogP contribution in [0.15, 0.2) is 48.5 Å². The van der Waals surface area contributed by atoms with E-state index >= 15 is 0 Å². The predicted molar refractivity (Wildman–Crippen MR) is 110 cm³/mol. The molecular formula is C22H26N2O6. The van der Waals surface area contributed by atoms with E-state index in [9.17, 15) is 14.7 Å². The zero-order valence-electron chi connectivity index (χ0n) is 17.0. The number of carbonyl (C=O) groups is 2. The van der Waals surface area contributed by atoms with Crippen LogP contribution in [0.1, 0.15) is 6.42 Å². The maximum atomic E-state index is 12.4. The Kier molecular flexibility index (Phi) is 7.37. The fraction of sp³-hybridized carbons (Fsp3) is 0.364. The number of phenolic OH excluding ortho intramolecular Hbond substituents is 1. The number of methoxy groups -OCH3 is 1. The first-order valence-corrected chi connectivity index (χ1v) is 9.79. The first-order valence-electron chi connectivity index (χ1n) is 9.79. The summed E-state index contributed by atoms with van der Waals surface area (Å²) in [6.45, 7) is 2.16. The third-order valence-electron chi connectivity index (χ3n) is 4.83. The van der Waals surface area contributed by atoms with E-state index in [-0.39, 0.29) is 30.6 Å². The molecule has 0 spiro atoms. The summed E-state index contributed by atoms with van der Waals surface area (Å²) in [5.74, 6) is 1.98. The number of phenols is 1. The van der Waals surface area contributed by atoms with Crippen LogP contribution in [0, 0.1) is 0 Å². The van der Waals surface area contributed by atoms with Crippen LogP contribution >= 0.6 is 0 Å². The average Bonchev–Trinajstić information content (AvgIpc) is 2.79. The minimum atomic E-state index is -0.127. The highest BCUT2D eigenvalue weighted by atomic mass is 16.5. The lowest BCUT2D eigenvalue weighted by Gasteiger charge is -2.34. The summed E-state index contributed by atoms with van der Waals surface area (Å²) in [6.07, 6.45) is 0.282. The predicted octanol–water partition coefficient (Wildman–Crippen LogP) is 1.92. The molecule has 0 aromatic heterocycles. The summed E-state index contributed by atoms with van der Waals surface area (Å²) in [5, 5.41) is 9.26. The van der Waals surface area contributed by atoms with Crippen LogP contribution in [0.25, 0.3) is 0 Å². The van der Waals surface area contributed by atoms with E-state index in [1.165, 1.54) is 12.1 Å². The molecular weight excluding hydrogens is 388 g/mol. The van der Waals surface area contributed by atoms with E-state index in [0.717, 1.165) is 5.75 Å². The standard InChI is InChI=1S/C22H26N2O6/c1-28-18-6-8-19(9-7-18)29-15-10-21(26)23-11-13-24(14-12-23)22(27)16-30-20-4-2-17(25)3-5-20/h2-9,25H,10-16H2,1H3. The number of amides is 2. The van der Waals surface area contributed by atoms with Gasteiger partial charge in [0.15, 0.2) is 6.61 Å². The van der Waals surface area contributed by atoms with Crippen molar-refractivity contribution in [1.82, 2.24) is 9.80 Å². The van der Waals surface area contributed by atoms with Gasteiger partial charge in [0, 0.05) is 26.2 Å². The molecule has 1 aliphatic rings. The van der Waals surface area contributed by atoms with Crippen LogP contribution in [0.3, 0.4) is 0 Å². The molecule has 1 N–H and O–H groups in total. The van der Waals surface area contributed by atoms with Gasteiger partial charge in [-0.1, -0.05) is 0 Å². The summed E-state index contributed by atoms with van der Waals surface area (Å²) < 4.78 is 16.2. The molecule has 1 aliphatic heterocycles. The molecule has 1 fully saturated rings. The highest BCUT2D eigenvalue weighted by Gasteiger charge is 2.24. The van der Waals surface area contributed by atoms with Gasteiger partial charge < -0.3 is 29.1 Å². The van der Waals surface area contributed by atoms with Crippen molar-refractivity contribution >= 4 is 11.8 Å². The Hall–Kier alpha value is -3.42. The second-order valence-electron chi connectivity index (χ2n) is 6.82. The Morgan fingerprint density at radius 1 is 0.800 bits per heavy atom. The van der Waals surface area contributed by atoms with Crippen molar-refractivity contribution in [3.05, 3.63) is 48.5 Å². The van der Waals surface area contributed by atoms with Gasteiger partial charge in [0.2, 0.25) is 5.91 Å². The number of hydrogen-bond acceptors (Lipinski definition) is 6. The molecule has 0 unspecified atom stereocenters. The minimum Gasteiger partial charge on any atom is -0.508 e. The van der Waals surface area contributed by atoms with Crippen LogP contribution in [-0.2, 0) is 9.59 Å². The second-order valence-corrected chi connectivity index (χ2v) is 6.82. The molecule has 0 bridgehead atoms. The van der Waals surface area contributed by atoms with E-state index in [4.69, 9.17) is 14.2 Å². The van der Waals surface area contributed by atoms with Crippen molar-refractivity contribution in [2.45, 2.75) is 6.42 Å². The number of rotatable bonds is 8. The Bertz CT molecular complexity index is 830. The van der Waals surface area contributed by atoms with Gasteiger partial charge in [-0.3, -0.25) is 9.59 Å². The maximum Gasteiger partial charge on any atom is 0.260 e. The van der Waals surface area contributed by atoms with Gasteiger partial charge in [0.25, 0.3) is 5.91 Å². The van der Waals surface area contributed by atoms with Gasteiger partial charge >= 0.3 is 0 Å². The van der Waals surface area contributed by atoms with Crippen molar-refractivity contribution in [2.24, 2.45) is 0 Å². The smallest absolute Gasteiger partial charge is 0.260 e. The van der Waals surface area contributed by atoms with Gasteiger partial charge in [-0.15, -0.1) is 0 Å². The first kappa shape index (κ1) is 21.3. The fourth-order valence-electron chi connectivity index (χ4n) is 3.07. The normalized spacial score (nSPS) is 13.6. The van der Waals surface area contributed by atoms with Gasteiger partial charge in [0.05, 0.1) is 20.1 Å². The summed E-state index contributed by atoms with van der Waals surface area (Å²) >= 11 is 0. The van der Waals surface area contributed by atoms with E-state index in [0.29, 0.717) is 44.3 Å². The van der Waals surface area contributed by atoms with Crippen LogP contribution in [0.4, 0.5) is 0 Å². The molecule has 8 heteroatoms. The van der Waals surface area contributed by atoms with Gasteiger partial charge in [-0.05, 0) is 48.5 Å². The third kappa shape index (κ3) is 6.04. The molecule has 0 atom stereocenters. The number of hydrogen-bond donors (Lipinski definition) is 1. The number of aromatic hydroxyl groups is 1. The SMILES string of the molecule is COc1ccc(OCCC(=O)N2CCN(C(=O)COc3ccc(O)cc3)CC2)cc1. The molecule has 2 aromatic rings. The summed E-state index contributed by atoms with van der Waals surface area (Å²) in [5.41, 5.74) is 0. The first-order chi connectivity index (χ1) is 14.5. The second kappa shape index (κ2) is 10.4. The Balaban J connectivity index is 1.35. The summed E-state index contributed by atoms with van der Waals surface area (Å²) in [4.78, 5) is 28.1. The molecule has 1 heterocycles. The zero-order valence-corrected chi connectivity index (χ0v) is 17.0. The van der Waals surface area contributed by atoms with Crippen LogP contribution in [0.2, 0.25) is 0 Å². The van der Waals surface area contributed by atoms with E-state index < -0.39 is 0 Å². The van der Waals surface area contributed by atoms with E-state index in [1.54, 1.807) is 53.3 Å². The van der Waals surface area contributed by atoms with Crippen LogP contribution in [-0.4, -0.2) is 73.2 Å². The van der Waals surface area contributed by atoms with Gasteiger partial charge in [0.1, 0.15) is 23.0 Å². The van der Waals surface area contributed by atoms with Crippen molar-refractivity contribution in [1.29, 1.82) is 0 Å². The highest BCUT2D eigenvalue weighted by molar-refractivity contribution is 5.79. The Morgan fingerprint density at radius 3 is 1.90 bits per heavy atom. The number of benzene rings is 2. The third-order valence-corrected chi connectivity index (χ3v) is 4.83. The van der Waals surface area contributed by atoms with Crippen molar-refractivity contribution in [2.75, 3.05) is 46.5 Å². The molecule has 0 saturated carbocycles. The highest BCUT2D eigenvalue weighted by Crippen LogP contribution is 2.18. The van der Waals surface area contributed by atoms with Crippen LogP contribution in [0.5, 0.6) is 23.0 Å². The monoisotopic (exact) mass is 414 g/mol. The lowest BCUT2D eigenvalue weighted by Crippen LogP contribution is -2.51. The number of piperazine rings is 1. The van der Waals surface area contributed by atoms with Crippen LogP contribution < -0.4 is 14.2 Å². The van der Waals surface area contributed by atoms with Crippen molar-refractivity contribution in [3.8, 4) is 23.0 Å². The van der Waals surface area contributed by atoms with Crippen molar-refractivity contribution in [3.63, 3.8) is 0 Å². The summed E-state index contributed by atoms with van der Waals surface area (Å²) in [7, 11) is 1.60. The van der Waals surface area contributed by atoms with Crippen molar-refractivity contribution < 1.29 is 28.9 Å². The molecule has 1 saturated heterocycles. The molecule has 160 valence electrons. The summed E-state index contributed by atoms with van der Waals surface area (Å²) in [6, 6.07) is 13.4. The zero-order chi connectivity index (χ0) is 21.3. The topological polar surface area (TPSA) is 88.5 Å². The molecule has 8 nitrogen and oxygen atoms in total.